The summed E-state index contributed by atoms with van der Waals surface area (Å²) in [4.78, 5) is 23.9. The van der Waals surface area contributed by atoms with Gasteiger partial charge >= 0.3 is 12.1 Å². The number of rotatable bonds is 8. The maximum absolute atomic E-state index is 12.7. The number of phenols is 1. The minimum Gasteiger partial charge on any atom is -0.507 e. The van der Waals surface area contributed by atoms with Gasteiger partial charge in [-0.2, -0.15) is 0 Å². The van der Waals surface area contributed by atoms with Gasteiger partial charge in [0.2, 0.25) is 0 Å². The number of aliphatic carboxylic acids is 1. The Kier molecular flexibility index (Phi) is 7.86. The van der Waals surface area contributed by atoms with Gasteiger partial charge in [0.05, 0.1) is 0 Å². The maximum atomic E-state index is 12.7. The Morgan fingerprint density at radius 3 is 2.41 bits per heavy atom. The number of carboxylic acids is 1. The van der Waals surface area contributed by atoms with Gasteiger partial charge in [0.1, 0.15) is 11.9 Å². The molecule has 3 N–H and O–H groups in total. The van der Waals surface area contributed by atoms with Crippen molar-refractivity contribution in [2.24, 2.45) is 0 Å². The van der Waals surface area contributed by atoms with E-state index in [1.165, 1.54) is 12.1 Å². The average molecular weight is 500 g/mol. The molecule has 0 bridgehead atoms. The fourth-order valence-electron chi connectivity index (χ4n) is 3.27. The van der Waals surface area contributed by atoms with E-state index >= 15 is 0 Å². The Labute approximate surface area is 193 Å². The van der Waals surface area contributed by atoms with Crippen molar-refractivity contribution < 1.29 is 29.3 Å². The molecule has 0 spiro atoms. The van der Waals surface area contributed by atoms with E-state index < -0.39 is 24.3 Å². The zero-order chi connectivity index (χ0) is 23.1. The van der Waals surface area contributed by atoms with Crippen molar-refractivity contribution in [3.8, 4) is 5.75 Å². The SMILES string of the molecule is CCO[C@H](/C=C/C(=O)O)[C@H](OC(=O)Nc1ccc(Br)cc1)c1ccc(O)c2ccccc12. The van der Waals surface area contributed by atoms with E-state index in [1.807, 2.05) is 0 Å². The number of ether oxygens (including phenoxy) is 2. The molecule has 0 unspecified atom stereocenters. The third-order valence-corrected chi connectivity index (χ3v) is 5.18. The van der Waals surface area contributed by atoms with Crippen molar-refractivity contribution in [2.75, 3.05) is 11.9 Å². The number of phenolic OH excluding ortho intramolecular Hbond substituents is 1. The van der Waals surface area contributed by atoms with Crippen LogP contribution < -0.4 is 5.32 Å². The van der Waals surface area contributed by atoms with Crippen molar-refractivity contribution in [1.82, 2.24) is 0 Å². The first-order chi connectivity index (χ1) is 15.4. The molecule has 0 aliphatic heterocycles. The molecule has 0 saturated heterocycles. The first-order valence-corrected chi connectivity index (χ1v) is 10.6. The standard InChI is InChI=1S/C24H22BrNO6/c1-2-31-21(13-14-22(28)29)23(32-24(30)26-16-9-7-15(25)8-10-16)19-11-12-20(27)18-6-4-3-5-17(18)19/h3-14,21,23,27H,2H2,1H3,(H,26,30)(H,28,29)/b14-13+/t21-,23-/m1/s1. The molecule has 7 nitrogen and oxygen atoms in total. The van der Waals surface area contributed by atoms with E-state index in [0.717, 1.165) is 10.5 Å². The van der Waals surface area contributed by atoms with Crippen LogP contribution in [0.15, 0.2) is 77.3 Å². The molecule has 8 heteroatoms. The zero-order valence-corrected chi connectivity index (χ0v) is 18.8. The second-order valence-corrected chi connectivity index (χ2v) is 7.71. The summed E-state index contributed by atoms with van der Waals surface area (Å²) in [5.74, 6) is -1.07. The lowest BCUT2D eigenvalue weighted by Gasteiger charge is -2.26. The predicted molar refractivity (Wildman–Crippen MR) is 125 cm³/mol. The Balaban J connectivity index is 2.01. The lowest BCUT2D eigenvalue weighted by atomic mass is 9.96. The molecule has 3 aromatic carbocycles. The number of carbonyl (C=O) groups is 2. The second-order valence-electron chi connectivity index (χ2n) is 6.79. The summed E-state index contributed by atoms with van der Waals surface area (Å²) in [6, 6.07) is 17.2. The number of hydrogen-bond acceptors (Lipinski definition) is 5. The van der Waals surface area contributed by atoms with Gasteiger partial charge in [0.25, 0.3) is 0 Å². The topological polar surface area (TPSA) is 105 Å². The summed E-state index contributed by atoms with van der Waals surface area (Å²) in [6.07, 6.45) is -0.300. The highest BCUT2D eigenvalue weighted by molar-refractivity contribution is 9.10. The van der Waals surface area contributed by atoms with Gasteiger partial charge in [-0.15, -0.1) is 0 Å². The van der Waals surface area contributed by atoms with Crippen LogP contribution in [0.1, 0.15) is 18.6 Å². The van der Waals surface area contributed by atoms with Crippen molar-refractivity contribution in [2.45, 2.75) is 19.1 Å². The number of nitrogens with one attached hydrogen (secondary N) is 1. The number of fused-ring (bicyclic) bond motifs is 1. The zero-order valence-electron chi connectivity index (χ0n) is 17.2. The van der Waals surface area contributed by atoms with Crippen LogP contribution >= 0.6 is 15.9 Å². The van der Waals surface area contributed by atoms with Crippen LogP contribution in [0, 0.1) is 0 Å². The summed E-state index contributed by atoms with van der Waals surface area (Å²) >= 11 is 3.34. The molecule has 2 atom stereocenters. The number of carboxylic acid groups (broad SMARTS) is 1. The van der Waals surface area contributed by atoms with Crippen LogP contribution in [0.4, 0.5) is 10.5 Å². The molecule has 166 valence electrons. The van der Waals surface area contributed by atoms with Crippen molar-refractivity contribution in [3.05, 3.63) is 82.9 Å². The number of hydrogen-bond donors (Lipinski definition) is 3. The molecule has 1 amide bonds. The van der Waals surface area contributed by atoms with Gasteiger partial charge in [0.15, 0.2) is 6.10 Å². The summed E-state index contributed by atoms with van der Waals surface area (Å²) in [5.41, 5.74) is 1.10. The summed E-state index contributed by atoms with van der Waals surface area (Å²) < 4.78 is 12.3. The largest absolute Gasteiger partial charge is 0.507 e. The third-order valence-electron chi connectivity index (χ3n) is 4.65. The van der Waals surface area contributed by atoms with Gasteiger partial charge < -0.3 is 19.7 Å². The van der Waals surface area contributed by atoms with Crippen LogP contribution in [0.5, 0.6) is 5.75 Å². The Morgan fingerprint density at radius 2 is 1.75 bits per heavy atom. The lowest BCUT2D eigenvalue weighted by Crippen LogP contribution is -2.28. The maximum Gasteiger partial charge on any atom is 0.412 e. The first-order valence-electron chi connectivity index (χ1n) is 9.85. The Hall–Kier alpha value is -3.36. The quantitative estimate of drug-likeness (QED) is 0.346. The van der Waals surface area contributed by atoms with Crippen molar-refractivity contribution >= 4 is 44.5 Å². The van der Waals surface area contributed by atoms with E-state index in [9.17, 15) is 14.7 Å². The summed E-state index contributed by atoms with van der Waals surface area (Å²) in [5, 5.41) is 23.2. The van der Waals surface area contributed by atoms with Crippen LogP contribution in [0.2, 0.25) is 0 Å². The summed E-state index contributed by atoms with van der Waals surface area (Å²) in [7, 11) is 0. The highest BCUT2D eigenvalue weighted by Crippen LogP contribution is 2.35. The van der Waals surface area contributed by atoms with Gasteiger partial charge in [-0.25, -0.2) is 9.59 Å². The minimum atomic E-state index is -1.15. The molecule has 0 heterocycles. The van der Waals surface area contributed by atoms with Gasteiger partial charge in [-0.1, -0.05) is 46.3 Å². The molecule has 3 rings (SSSR count). The Morgan fingerprint density at radius 1 is 1.06 bits per heavy atom. The molecule has 0 aliphatic carbocycles. The van der Waals surface area contributed by atoms with E-state index in [2.05, 4.69) is 21.2 Å². The molecule has 3 aromatic rings. The molecular formula is C24H22BrNO6. The number of aromatic hydroxyl groups is 1. The molecule has 0 fully saturated rings. The normalized spacial score (nSPS) is 13.1. The minimum absolute atomic E-state index is 0.0800. The number of halogens is 1. The second kappa shape index (κ2) is 10.8. The van der Waals surface area contributed by atoms with Crippen LogP contribution in [-0.4, -0.2) is 35.0 Å². The van der Waals surface area contributed by atoms with Crippen molar-refractivity contribution in [3.63, 3.8) is 0 Å². The first kappa shape index (κ1) is 23.3. The monoisotopic (exact) mass is 499 g/mol. The molecule has 0 aliphatic rings. The van der Waals surface area contributed by atoms with E-state index in [4.69, 9.17) is 14.6 Å². The van der Waals surface area contributed by atoms with Crippen molar-refractivity contribution in [1.29, 1.82) is 0 Å². The highest BCUT2D eigenvalue weighted by Gasteiger charge is 2.28. The average Bonchev–Trinajstić information content (AvgIpc) is 2.77. The smallest absolute Gasteiger partial charge is 0.412 e. The fourth-order valence-corrected chi connectivity index (χ4v) is 3.54. The van der Waals surface area contributed by atoms with E-state index in [0.29, 0.717) is 22.0 Å². The number of carbonyl (C=O) groups excluding carboxylic acids is 1. The molecule has 32 heavy (non-hydrogen) atoms. The van der Waals surface area contributed by atoms with Gasteiger partial charge in [-0.05, 0) is 48.7 Å². The third kappa shape index (κ3) is 5.87. The van der Waals surface area contributed by atoms with Gasteiger partial charge in [-0.3, -0.25) is 5.32 Å². The molecular weight excluding hydrogens is 478 g/mol. The molecule has 0 aromatic heterocycles. The van der Waals surface area contributed by atoms with Crippen LogP contribution in [0.3, 0.4) is 0 Å². The molecule has 0 saturated carbocycles. The van der Waals surface area contributed by atoms with Crippen LogP contribution in [0.25, 0.3) is 10.8 Å². The van der Waals surface area contributed by atoms with Crippen LogP contribution in [-0.2, 0) is 14.3 Å². The number of anilines is 1. The predicted octanol–water partition coefficient (Wildman–Crippen LogP) is 5.64. The van der Waals surface area contributed by atoms with E-state index in [1.54, 1.807) is 61.5 Å². The number of amides is 1. The molecule has 0 radical (unpaired) electrons. The van der Waals surface area contributed by atoms with Gasteiger partial charge in [0, 0.05) is 33.8 Å². The highest BCUT2D eigenvalue weighted by atomic mass is 79.9. The lowest BCUT2D eigenvalue weighted by molar-refractivity contribution is -0.131. The van der Waals surface area contributed by atoms with E-state index in [-0.39, 0.29) is 12.4 Å². The number of benzene rings is 3. The Bertz CT molecular complexity index is 1130. The summed E-state index contributed by atoms with van der Waals surface area (Å²) in [6.45, 7) is 2.02. The fraction of sp³-hybridized carbons (Fsp3) is 0.167.